The zero-order valence-electron chi connectivity index (χ0n) is 9.69. The first-order chi connectivity index (χ1) is 8.15. The minimum Gasteiger partial charge on any atom is -0.397 e. The molecule has 2 atom stereocenters. The highest BCUT2D eigenvalue weighted by Gasteiger charge is 2.20. The van der Waals surface area contributed by atoms with Crippen LogP contribution in [0.3, 0.4) is 0 Å². The van der Waals surface area contributed by atoms with Crippen LogP contribution in [-0.2, 0) is 0 Å². The zero-order valence-corrected chi connectivity index (χ0v) is 11.3. The largest absolute Gasteiger partial charge is 0.397 e. The molecule has 4 nitrogen and oxygen atoms in total. The van der Waals surface area contributed by atoms with Gasteiger partial charge in [0.25, 0.3) is 0 Å². The molecule has 0 amide bonds. The summed E-state index contributed by atoms with van der Waals surface area (Å²) in [5.41, 5.74) is 6.28. The highest BCUT2D eigenvalue weighted by atomic mass is 79.9. The first kappa shape index (κ1) is 12.6. The maximum absolute atomic E-state index is 9.60. The first-order valence-electron chi connectivity index (χ1n) is 5.98. The van der Waals surface area contributed by atoms with Crippen LogP contribution in [0.25, 0.3) is 0 Å². The normalized spacial score (nSPS) is 24.6. The van der Waals surface area contributed by atoms with Gasteiger partial charge < -0.3 is 16.2 Å². The van der Waals surface area contributed by atoms with E-state index in [9.17, 15) is 5.11 Å². The summed E-state index contributed by atoms with van der Waals surface area (Å²) in [6.07, 6.45) is 5.64. The minimum absolute atomic E-state index is 0.127. The number of anilines is 2. The molecule has 1 fully saturated rings. The third kappa shape index (κ3) is 3.57. The van der Waals surface area contributed by atoms with E-state index in [0.29, 0.717) is 11.6 Å². The summed E-state index contributed by atoms with van der Waals surface area (Å²) in [6, 6.07) is 1.84. The standard InChI is InChI=1S/C12H18BrN3O/c13-11-5-9(14)7-16-12(11)15-6-8-2-1-3-10(17)4-8/h5,7-8,10,17H,1-4,6,14H2,(H,15,16). The fourth-order valence-corrected chi connectivity index (χ4v) is 2.78. The third-order valence-electron chi connectivity index (χ3n) is 3.18. The summed E-state index contributed by atoms with van der Waals surface area (Å²) in [4.78, 5) is 4.24. The zero-order chi connectivity index (χ0) is 12.3. The van der Waals surface area contributed by atoms with Crippen LogP contribution >= 0.6 is 15.9 Å². The predicted molar refractivity (Wildman–Crippen MR) is 72.8 cm³/mol. The van der Waals surface area contributed by atoms with Crippen LogP contribution in [-0.4, -0.2) is 22.7 Å². The molecule has 0 radical (unpaired) electrons. The van der Waals surface area contributed by atoms with Gasteiger partial charge in [-0.1, -0.05) is 6.42 Å². The van der Waals surface area contributed by atoms with Crippen LogP contribution in [0.15, 0.2) is 16.7 Å². The number of aliphatic hydroxyl groups is 1. The lowest BCUT2D eigenvalue weighted by Crippen LogP contribution is -2.25. The lowest BCUT2D eigenvalue weighted by molar-refractivity contribution is 0.104. The van der Waals surface area contributed by atoms with Crippen molar-refractivity contribution in [3.8, 4) is 0 Å². The lowest BCUT2D eigenvalue weighted by atomic mass is 9.87. The third-order valence-corrected chi connectivity index (χ3v) is 3.78. The van der Waals surface area contributed by atoms with Crippen LogP contribution in [0, 0.1) is 5.92 Å². The molecular formula is C12H18BrN3O. The summed E-state index contributed by atoms with van der Waals surface area (Å²) in [7, 11) is 0. The Morgan fingerprint density at radius 1 is 1.53 bits per heavy atom. The van der Waals surface area contributed by atoms with Gasteiger partial charge in [-0.3, -0.25) is 0 Å². The van der Waals surface area contributed by atoms with E-state index in [-0.39, 0.29) is 6.10 Å². The van der Waals surface area contributed by atoms with Crippen LogP contribution in [0.4, 0.5) is 11.5 Å². The van der Waals surface area contributed by atoms with E-state index in [1.54, 1.807) is 6.20 Å². The second-order valence-electron chi connectivity index (χ2n) is 4.67. The average molecular weight is 300 g/mol. The van der Waals surface area contributed by atoms with Crippen molar-refractivity contribution in [2.24, 2.45) is 5.92 Å². The number of halogens is 1. The summed E-state index contributed by atoms with van der Waals surface area (Å²) in [5, 5.41) is 12.9. The van der Waals surface area contributed by atoms with Gasteiger partial charge in [-0.05, 0) is 47.2 Å². The lowest BCUT2D eigenvalue weighted by Gasteiger charge is -2.26. The minimum atomic E-state index is -0.127. The molecule has 1 aliphatic carbocycles. The average Bonchev–Trinajstić information content (AvgIpc) is 2.28. The molecule has 1 heterocycles. The molecule has 1 aromatic rings. The fourth-order valence-electron chi connectivity index (χ4n) is 2.27. The Morgan fingerprint density at radius 2 is 2.35 bits per heavy atom. The first-order valence-corrected chi connectivity index (χ1v) is 6.77. The Morgan fingerprint density at radius 3 is 3.06 bits per heavy atom. The monoisotopic (exact) mass is 299 g/mol. The van der Waals surface area contributed by atoms with Gasteiger partial charge in [-0.2, -0.15) is 0 Å². The van der Waals surface area contributed by atoms with E-state index in [4.69, 9.17) is 5.73 Å². The molecule has 0 aromatic carbocycles. The maximum Gasteiger partial charge on any atom is 0.140 e. The fraction of sp³-hybridized carbons (Fsp3) is 0.583. The molecule has 2 rings (SSSR count). The molecule has 0 saturated heterocycles. The number of aliphatic hydroxyl groups excluding tert-OH is 1. The number of nitrogen functional groups attached to an aromatic ring is 1. The van der Waals surface area contributed by atoms with Crippen LogP contribution < -0.4 is 11.1 Å². The van der Waals surface area contributed by atoms with Crippen molar-refractivity contribution in [2.45, 2.75) is 31.8 Å². The molecule has 4 N–H and O–H groups in total. The molecule has 1 aliphatic rings. The summed E-state index contributed by atoms with van der Waals surface area (Å²) in [6.45, 7) is 0.854. The molecule has 17 heavy (non-hydrogen) atoms. The van der Waals surface area contributed by atoms with E-state index < -0.39 is 0 Å². The molecule has 0 bridgehead atoms. The Kier molecular flexibility index (Phi) is 4.23. The molecule has 1 aromatic heterocycles. The molecule has 0 spiro atoms. The van der Waals surface area contributed by atoms with Gasteiger partial charge in [0.05, 0.1) is 22.5 Å². The number of rotatable bonds is 3. The van der Waals surface area contributed by atoms with E-state index in [1.165, 1.54) is 6.42 Å². The van der Waals surface area contributed by atoms with Gasteiger partial charge in [0.15, 0.2) is 0 Å². The summed E-state index contributed by atoms with van der Waals surface area (Å²) < 4.78 is 0.883. The topological polar surface area (TPSA) is 71.2 Å². The van der Waals surface area contributed by atoms with E-state index in [0.717, 1.165) is 36.1 Å². The number of aromatic nitrogens is 1. The van der Waals surface area contributed by atoms with Crippen molar-refractivity contribution < 1.29 is 5.11 Å². The molecule has 5 heteroatoms. The Balaban J connectivity index is 1.88. The highest BCUT2D eigenvalue weighted by Crippen LogP contribution is 2.26. The smallest absolute Gasteiger partial charge is 0.140 e. The number of nitrogens with zero attached hydrogens (tertiary/aromatic N) is 1. The number of pyridine rings is 1. The van der Waals surface area contributed by atoms with Gasteiger partial charge in [0, 0.05) is 6.54 Å². The van der Waals surface area contributed by atoms with Crippen molar-refractivity contribution in [3.05, 3.63) is 16.7 Å². The van der Waals surface area contributed by atoms with E-state index >= 15 is 0 Å². The van der Waals surface area contributed by atoms with Crippen LogP contribution in [0.1, 0.15) is 25.7 Å². The van der Waals surface area contributed by atoms with Crippen molar-refractivity contribution in [3.63, 3.8) is 0 Å². The number of nitrogens with two attached hydrogens (primary N) is 1. The Hall–Kier alpha value is -0.810. The SMILES string of the molecule is Nc1cnc(NCC2CCCC(O)C2)c(Br)c1. The van der Waals surface area contributed by atoms with Gasteiger partial charge in [-0.15, -0.1) is 0 Å². The van der Waals surface area contributed by atoms with Crippen molar-refractivity contribution >= 4 is 27.4 Å². The van der Waals surface area contributed by atoms with Crippen molar-refractivity contribution in [2.75, 3.05) is 17.6 Å². The highest BCUT2D eigenvalue weighted by molar-refractivity contribution is 9.10. The number of hydrogen-bond acceptors (Lipinski definition) is 4. The Labute approximate surface area is 110 Å². The maximum atomic E-state index is 9.60. The van der Waals surface area contributed by atoms with Crippen molar-refractivity contribution in [1.29, 1.82) is 0 Å². The molecule has 2 unspecified atom stereocenters. The van der Waals surface area contributed by atoms with Gasteiger partial charge in [0.1, 0.15) is 5.82 Å². The van der Waals surface area contributed by atoms with Gasteiger partial charge >= 0.3 is 0 Å². The summed E-state index contributed by atoms with van der Waals surface area (Å²) >= 11 is 3.43. The van der Waals surface area contributed by atoms with Crippen LogP contribution in [0.2, 0.25) is 0 Å². The Bertz CT molecular complexity index is 386. The van der Waals surface area contributed by atoms with Crippen LogP contribution in [0.5, 0.6) is 0 Å². The second kappa shape index (κ2) is 5.69. The van der Waals surface area contributed by atoms with E-state index in [2.05, 4.69) is 26.2 Å². The molecular weight excluding hydrogens is 282 g/mol. The summed E-state index contributed by atoms with van der Waals surface area (Å²) in [5.74, 6) is 1.35. The molecule has 0 aliphatic heterocycles. The quantitative estimate of drug-likeness (QED) is 0.801. The second-order valence-corrected chi connectivity index (χ2v) is 5.52. The van der Waals surface area contributed by atoms with Gasteiger partial charge in [0.2, 0.25) is 0 Å². The predicted octanol–water partition coefficient (Wildman–Crippen LogP) is 2.39. The van der Waals surface area contributed by atoms with Crippen molar-refractivity contribution in [1.82, 2.24) is 4.98 Å². The number of nitrogens with one attached hydrogen (secondary N) is 1. The van der Waals surface area contributed by atoms with Gasteiger partial charge in [-0.25, -0.2) is 4.98 Å². The number of hydrogen-bond donors (Lipinski definition) is 3. The molecule has 94 valence electrons. The van der Waals surface area contributed by atoms with E-state index in [1.807, 2.05) is 6.07 Å². The molecule has 1 saturated carbocycles.